The number of hydrogen-bond donors (Lipinski definition) is 0. The lowest BCUT2D eigenvalue weighted by molar-refractivity contribution is 0.0600. The third-order valence-corrected chi connectivity index (χ3v) is 5.35. The molecule has 3 rings (SSSR count). The first-order valence-electron chi connectivity index (χ1n) is 8.87. The van der Waals surface area contributed by atoms with Gasteiger partial charge in [0.05, 0.1) is 31.6 Å². The number of rotatable bonds is 5. The molecule has 1 aliphatic rings. The van der Waals surface area contributed by atoms with Crippen LogP contribution in [-0.4, -0.2) is 64.4 Å². The Morgan fingerprint density at radius 2 is 2.07 bits per heavy atom. The first kappa shape index (κ1) is 20.2. The Morgan fingerprint density at radius 3 is 2.71 bits per heavy atom. The number of methoxy groups -OCH3 is 1. The molecule has 0 bridgehead atoms. The number of ether oxygens (including phenoxy) is 2. The molecule has 28 heavy (non-hydrogen) atoms. The number of carbonyl (C=O) groups excluding carboxylic acids is 1. The summed E-state index contributed by atoms with van der Waals surface area (Å²) in [4.78, 5) is 31.4. The first-order chi connectivity index (χ1) is 13.4. The zero-order chi connectivity index (χ0) is 20.3. The molecule has 0 radical (unpaired) electrons. The average molecular weight is 406 g/mol. The molecule has 0 spiro atoms. The molecule has 0 aromatic carbocycles. The van der Waals surface area contributed by atoms with Gasteiger partial charge in [-0.1, -0.05) is 6.92 Å². The van der Waals surface area contributed by atoms with E-state index in [1.807, 2.05) is 4.90 Å². The van der Waals surface area contributed by atoms with E-state index < -0.39 is 17.0 Å². The largest absolute Gasteiger partial charge is 0.465 e. The van der Waals surface area contributed by atoms with Gasteiger partial charge in [0.25, 0.3) is 5.56 Å². The SMILES string of the molecule is CC[S@@](=O)/N=C(\C)c1cc(C(=O)OC)cn2c(=O)cc(N3CCOCC3)nc12. The molecule has 1 fully saturated rings. The highest BCUT2D eigenvalue weighted by Crippen LogP contribution is 2.18. The van der Waals surface area contributed by atoms with E-state index in [-0.39, 0.29) is 11.1 Å². The first-order valence-corrected chi connectivity index (χ1v) is 10.1. The van der Waals surface area contributed by atoms with E-state index in [1.54, 1.807) is 19.9 Å². The summed E-state index contributed by atoms with van der Waals surface area (Å²) in [6, 6.07) is 2.99. The van der Waals surface area contributed by atoms with Crippen LogP contribution < -0.4 is 10.5 Å². The van der Waals surface area contributed by atoms with E-state index in [0.717, 1.165) is 0 Å². The number of nitrogens with zero attached hydrogens (tertiary/aromatic N) is 4. The van der Waals surface area contributed by atoms with Gasteiger partial charge in [0.2, 0.25) is 0 Å². The smallest absolute Gasteiger partial charge is 0.339 e. The molecule has 0 amide bonds. The van der Waals surface area contributed by atoms with Crippen molar-refractivity contribution in [3.63, 3.8) is 0 Å². The third-order valence-electron chi connectivity index (χ3n) is 4.38. The Balaban J connectivity index is 2.24. The van der Waals surface area contributed by atoms with Crippen molar-refractivity contribution >= 4 is 34.1 Å². The van der Waals surface area contributed by atoms with Gasteiger partial charge in [-0.05, 0) is 13.0 Å². The molecule has 2 aromatic rings. The van der Waals surface area contributed by atoms with Gasteiger partial charge in [-0.3, -0.25) is 9.20 Å². The molecule has 0 saturated carbocycles. The standard InChI is InChI=1S/C18H22N4O5S/c1-4-28(25)20-12(2)14-9-13(18(24)26-3)11-22-16(23)10-15(19-17(14)22)21-5-7-27-8-6-21/h9-11H,4-8H2,1-3H3/b20-12+/t28-/m1/s1. The van der Waals surface area contributed by atoms with Gasteiger partial charge < -0.3 is 14.4 Å². The monoisotopic (exact) mass is 406 g/mol. The molecule has 3 heterocycles. The van der Waals surface area contributed by atoms with Crippen molar-refractivity contribution in [3.8, 4) is 0 Å². The van der Waals surface area contributed by atoms with Crippen molar-refractivity contribution in [1.29, 1.82) is 0 Å². The highest BCUT2D eigenvalue weighted by molar-refractivity contribution is 7.83. The summed E-state index contributed by atoms with van der Waals surface area (Å²) in [5.74, 6) is 0.305. The lowest BCUT2D eigenvalue weighted by Gasteiger charge is -2.27. The number of hydrogen-bond acceptors (Lipinski definition) is 7. The normalized spacial score (nSPS) is 16.2. The summed E-state index contributed by atoms with van der Waals surface area (Å²) in [6.07, 6.45) is 1.40. The van der Waals surface area contributed by atoms with Crippen molar-refractivity contribution < 1.29 is 18.5 Å². The summed E-state index contributed by atoms with van der Waals surface area (Å²) in [7, 11) is -0.139. The molecule has 0 N–H and O–H groups in total. The maximum Gasteiger partial charge on any atom is 0.339 e. The van der Waals surface area contributed by atoms with Crippen LogP contribution in [0.1, 0.15) is 29.8 Å². The van der Waals surface area contributed by atoms with Crippen molar-refractivity contribution in [2.24, 2.45) is 4.40 Å². The second kappa shape index (κ2) is 8.61. The molecule has 0 unspecified atom stereocenters. The van der Waals surface area contributed by atoms with Gasteiger partial charge in [-0.25, -0.2) is 14.0 Å². The van der Waals surface area contributed by atoms with Crippen molar-refractivity contribution in [1.82, 2.24) is 9.38 Å². The van der Waals surface area contributed by atoms with Crippen LogP contribution >= 0.6 is 0 Å². The predicted octanol–water partition coefficient (Wildman–Crippen LogP) is 0.810. The Kier molecular flexibility index (Phi) is 6.20. The van der Waals surface area contributed by atoms with Crippen LogP contribution in [0.4, 0.5) is 5.82 Å². The van der Waals surface area contributed by atoms with Crippen LogP contribution in [0.3, 0.4) is 0 Å². The van der Waals surface area contributed by atoms with Crippen molar-refractivity contribution in [3.05, 3.63) is 39.8 Å². The molecule has 9 nitrogen and oxygen atoms in total. The van der Waals surface area contributed by atoms with E-state index in [9.17, 15) is 13.8 Å². The molecule has 0 aliphatic carbocycles. The highest BCUT2D eigenvalue weighted by atomic mass is 32.2. The summed E-state index contributed by atoms with van der Waals surface area (Å²) in [5.41, 5.74) is 1.08. The Morgan fingerprint density at radius 1 is 1.36 bits per heavy atom. The van der Waals surface area contributed by atoms with Crippen LogP contribution in [0.2, 0.25) is 0 Å². The van der Waals surface area contributed by atoms with Gasteiger partial charge in [0.15, 0.2) is 5.65 Å². The fraction of sp³-hybridized carbons (Fsp3) is 0.444. The molecular formula is C18H22N4O5S. The molecular weight excluding hydrogens is 384 g/mol. The second-order valence-electron chi connectivity index (χ2n) is 6.17. The van der Waals surface area contributed by atoms with Gasteiger partial charge in [0, 0.05) is 36.7 Å². The zero-order valence-electron chi connectivity index (χ0n) is 16.0. The fourth-order valence-electron chi connectivity index (χ4n) is 2.91. The summed E-state index contributed by atoms with van der Waals surface area (Å²) >= 11 is 0. The van der Waals surface area contributed by atoms with Gasteiger partial charge >= 0.3 is 5.97 Å². The number of anilines is 1. The maximum absolute atomic E-state index is 12.8. The van der Waals surface area contributed by atoms with Crippen LogP contribution in [0, 0.1) is 0 Å². The zero-order valence-corrected chi connectivity index (χ0v) is 16.8. The van der Waals surface area contributed by atoms with E-state index in [1.165, 1.54) is 23.8 Å². The summed E-state index contributed by atoms with van der Waals surface area (Å²) in [6.45, 7) is 5.82. The minimum Gasteiger partial charge on any atom is -0.465 e. The Bertz CT molecular complexity index is 1010. The predicted molar refractivity (Wildman–Crippen MR) is 107 cm³/mol. The third kappa shape index (κ3) is 4.12. The number of morpholine rings is 1. The minimum absolute atomic E-state index is 0.185. The Hall–Kier alpha value is -2.59. The van der Waals surface area contributed by atoms with E-state index in [2.05, 4.69) is 9.38 Å². The van der Waals surface area contributed by atoms with Crippen LogP contribution in [0.25, 0.3) is 5.65 Å². The molecule has 1 aliphatic heterocycles. The minimum atomic E-state index is -1.40. The van der Waals surface area contributed by atoms with Crippen LogP contribution in [0.15, 0.2) is 27.5 Å². The Labute approximate surface area is 164 Å². The van der Waals surface area contributed by atoms with Crippen LogP contribution in [-0.2, 0) is 20.5 Å². The van der Waals surface area contributed by atoms with E-state index in [4.69, 9.17) is 9.47 Å². The summed E-state index contributed by atoms with van der Waals surface area (Å²) in [5, 5.41) is 0. The van der Waals surface area contributed by atoms with Crippen molar-refractivity contribution in [2.45, 2.75) is 13.8 Å². The molecule has 1 saturated heterocycles. The topological polar surface area (TPSA) is 103 Å². The van der Waals surface area contributed by atoms with Gasteiger partial charge in [-0.2, -0.15) is 4.40 Å². The number of carbonyl (C=O) groups is 1. The summed E-state index contributed by atoms with van der Waals surface area (Å²) < 4.78 is 27.5. The van der Waals surface area contributed by atoms with E-state index >= 15 is 0 Å². The number of aromatic nitrogens is 2. The van der Waals surface area contributed by atoms with Gasteiger partial charge in [0.1, 0.15) is 16.8 Å². The molecule has 150 valence electrons. The van der Waals surface area contributed by atoms with Crippen LogP contribution in [0.5, 0.6) is 0 Å². The number of esters is 1. The highest BCUT2D eigenvalue weighted by Gasteiger charge is 2.19. The number of pyridine rings is 1. The fourth-order valence-corrected chi connectivity index (χ4v) is 3.44. The maximum atomic E-state index is 12.8. The van der Waals surface area contributed by atoms with Gasteiger partial charge in [-0.15, -0.1) is 0 Å². The number of fused-ring (bicyclic) bond motifs is 1. The lowest BCUT2D eigenvalue weighted by Crippen LogP contribution is -2.37. The molecule has 1 atom stereocenters. The molecule has 10 heteroatoms. The quantitative estimate of drug-likeness (QED) is 0.535. The van der Waals surface area contributed by atoms with Crippen molar-refractivity contribution in [2.75, 3.05) is 44.1 Å². The molecule has 2 aromatic heterocycles. The van der Waals surface area contributed by atoms with E-state index in [0.29, 0.717) is 54.8 Å². The second-order valence-corrected chi connectivity index (χ2v) is 7.57. The average Bonchev–Trinajstić information content (AvgIpc) is 2.72. The lowest BCUT2D eigenvalue weighted by atomic mass is 10.1.